The highest BCUT2D eigenvalue weighted by Crippen LogP contribution is 2.23. The minimum absolute atomic E-state index is 0.0355. The van der Waals surface area contributed by atoms with Gasteiger partial charge < -0.3 is 10.6 Å². The van der Waals surface area contributed by atoms with E-state index in [2.05, 4.69) is 26.6 Å². The lowest BCUT2D eigenvalue weighted by Gasteiger charge is -2.22. The van der Waals surface area contributed by atoms with Crippen molar-refractivity contribution in [1.82, 2.24) is 5.32 Å². The van der Waals surface area contributed by atoms with Gasteiger partial charge in [0.25, 0.3) is 0 Å². The number of thioether (sulfide) groups is 1. The van der Waals surface area contributed by atoms with E-state index in [9.17, 15) is 13.6 Å². The molecule has 2 rings (SSSR count). The zero-order chi connectivity index (χ0) is 13.8. The topological polar surface area (TPSA) is 41.1 Å². The molecule has 0 radical (unpaired) electrons. The monoisotopic (exact) mass is 350 g/mol. The van der Waals surface area contributed by atoms with Crippen molar-refractivity contribution in [3.63, 3.8) is 0 Å². The van der Waals surface area contributed by atoms with Crippen LogP contribution < -0.4 is 10.6 Å². The molecule has 0 bridgehead atoms. The number of rotatable bonds is 3. The molecule has 0 saturated carbocycles. The maximum Gasteiger partial charge on any atom is 0.226 e. The van der Waals surface area contributed by atoms with E-state index in [1.165, 1.54) is 0 Å². The molecule has 1 fully saturated rings. The van der Waals surface area contributed by atoms with Crippen molar-refractivity contribution in [3.05, 3.63) is 28.2 Å². The van der Waals surface area contributed by atoms with Crippen LogP contribution in [0.25, 0.3) is 0 Å². The highest BCUT2D eigenvalue weighted by molar-refractivity contribution is 9.10. The fraction of sp³-hybridized carbons (Fsp3) is 0.417. The summed E-state index contributed by atoms with van der Waals surface area (Å²) in [5.74, 6) is 0.297. The van der Waals surface area contributed by atoms with Crippen LogP contribution in [0.15, 0.2) is 16.6 Å². The van der Waals surface area contributed by atoms with Crippen LogP contribution in [-0.2, 0) is 4.79 Å². The fourth-order valence-corrected chi connectivity index (χ4v) is 3.06. The van der Waals surface area contributed by atoms with Crippen molar-refractivity contribution in [2.75, 3.05) is 23.4 Å². The molecule has 1 aromatic rings. The number of carbonyl (C=O) groups excluding carboxylic acids is 1. The summed E-state index contributed by atoms with van der Waals surface area (Å²) in [4.78, 5) is 11.8. The zero-order valence-electron chi connectivity index (χ0n) is 10.0. The first kappa shape index (κ1) is 14.7. The summed E-state index contributed by atoms with van der Waals surface area (Å²) in [7, 11) is 0. The van der Waals surface area contributed by atoms with Gasteiger partial charge in [-0.2, -0.15) is 11.8 Å². The Kier molecular flexibility index (Phi) is 5.18. The number of hydrogen-bond donors (Lipinski definition) is 2. The van der Waals surface area contributed by atoms with E-state index in [4.69, 9.17) is 0 Å². The number of benzene rings is 1. The number of amides is 1. The van der Waals surface area contributed by atoms with Crippen LogP contribution in [-0.4, -0.2) is 30.0 Å². The van der Waals surface area contributed by atoms with Crippen LogP contribution in [0.4, 0.5) is 14.5 Å². The van der Waals surface area contributed by atoms with Crippen molar-refractivity contribution in [3.8, 4) is 0 Å². The Bertz CT molecular complexity index is 481. The molecule has 1 heterocycles. The summed E-state index contributed by atoms with van der Waals surface area (Å²) in [5, 5.41) is 5.62. The zero-order valence-corrected chi connectivity index (χ0v) is 12.4. The lowest BCUT2D eigenvalue weighted by Crippen LogP contribution is -2.40. The maximum atomic E-state index is 13.5. The van der Waals surface area contributed by atoms with Gasteiger partial charge in [-0.15, -0.1) is 0 Å². The third kappa shape index (κ3) is 4.15. The molecule has 1 amide bonds. The Balaban J connectivity index is 1.96. The molecular weight excluding hydrogens is 338 g/mol. The molecular formula is C12H13BrF2N2OS. The second-order valence-corrected chi connectivity index (χ2v) is 6.23. The molecule has 3 nitrogen and oxygen atoms in total. The van der Waals surface area contributed by atoms with E-state index >= 15 is 0 Å². The molecule has 1 atom stereocenters. The minimum Gasteiger partial charge on any atom is -0.323 e. The van der Waals surface area contributed by atoms with Crippen LogP contribution in [0.5, 0.6) is 0 Å². The third-order valence-corrected chi connectivity index (χ3v) is 4.45. The van der Waals surface area contributed by atoms with E-state index in [-0.39, 0.29) is 28.5 Å². The largest absolute Gasteiger partial charge is 0.323 e. The first-order valence-electron chi connectivity index (χ1n) is 5.82. The summed E-state index contributed by atoms with van der Waals surface area (Å²) in [5.41, 5.74) is -0.130. The van der Waals surface area contributed by atoms with Gasteiger partial charge in [0, 0.05) is 36.6 Å². The fourth-order valence-electron chi connectivity index (χ4n) is 1.79. The van der Waals surface area contributed by atoms with Gasteiger partial charge in [0.2, 0.25) is 5.91 Å². The Hall–Kier alpha value is -0.660. The van der Waals surface area contributed by atoms with E-state index in [1.54, 1.807) is 11.8 Å². The molecule has 0 aliphatic carbocycles. The predicted octanol–water partition coefficient (Wildman–Crippen LogP) is 2.76. The first-order chi connectivity index (χ1) is 9.06. The smallest absolute Gasteiger partial charge is 0.226 e. The van der Waals surface area contributed by atoms with Crippen LogP contribution >= 0.6 is 27.7 Å². The quantitative estimate of drug-likeness (QED) is 0.823. The normalized spacial score (nSPS) is 19.2. The lowest BCUT2D eigenvalue weighted by molar-refractivity contribution is -0.116. The van der Waals surface area contributed by atoms with Crippen LogP contribution in [0.3, 0.4) is 0 Å². The van der Waals surface area contributed by atoms with Gasteiger partial charge in [-0.3, -0.25) is 4.79 Å². The molecule has 1 aromatic carbocycles. The molecule has 1 saturated heterocycles. The van der Waals surface area contributed by atoms with Crippen molar-refractivity contribution < 1.29 is 13.6 Å². The SMILES string of the molecule is O=C(CC1CSCCN1)Nc1cc(F)c(Br)cc1F. The molecule has 2 N–H and O–H groups in total. The summed E-state index contributed by atoms with van der Waals surface area (Å²) in [6.45, 7) is 0.865. The number of carbonyl (C=O) groups is 1. The number of hydrogen-bond acceptors (Lipinski definition) is 3. The number of halogens is 3. The van der Waals surface area contributed by atoms with Gasteiger partial charge >= 0.3 is 0 Å². The average molecular weight is 351 g/mol. The summed E-state index contributed by atoms with van der Waals surface area (Å²) >= 11 is 4.66. The second-order valence-electron chi connectivity index (χ2n) is 4.22. The highest BCUT2D eigenvalue weighted by atomic mass is 79.9. The highest BCUT2D eigenvalue weighted by Gasteiger charge is 2.18. The van der Waals surface area contributed by atoms with Crippen molar-refractivity contribution in [2.24, 2.45) is 0 Å². The summed E-state index contributed by atoms with van der Waals surface area (Å²) in [6, 6.07) is 2.06. The van der Waals surface area contributed by atoms with Gasteiger partial charge in [0.05, 0.1) is 10.2 Å². The molecule has 0 aromatic heterocycles. The first-order valence-corrected chi connectivity index (χ1v) is 7.76. The predicted molar refractivity (Wildman–Crippen MR) is 76.4 cm³/mol. The Morgan fingerprint density at radius 2 is 2.26 bits per heavy atom. The molecule has 0 spiro atoms. The standard InChI is InChI=1S/C12H13BrF2N2OS/c13-8-4-10(15)11(5-9(8)14)17-12(18)3-7-6-19-2-1-16-7/h4-5,7,16H,1-3,6H2,(H,17,18). The van der Waals surface area contributed by atoms with Crippen LogP contribution in [0.1, 0.15) is 6.42 Å². The Morgan fingerprint density at radius 3 is 2.95 bits per heavy atom. The van der Waals surface area contributed by atoms with Gasteiger partial charge in [0.1, 0.15) is 11.6 Å². The van der Waals surface area contributed by atoms with E-state index < -0.39 is 11.6 Å². The van der Waals surface area contributed by atoms with E-state index in [0.29, 0.717) is 0 Å². The Labute approximate surface area is 122 Å². The molecule has 1 aliphatic heterocycles. The van der Waals surface area contributed by atoms with Crippen LogP contribution in [0.2, 0.25) is 0 Å². The lowest BCUT2D eigenvalue weighted by atomic mass is 10.2. The van der Waals surface area contributed by atoms with Crippen molar-refractivity contribution in [1.29, 1.82) is 0 Å². The van der Waals surface area contributed by atoms with Gasteiger partial charge in [-0.05, 0) is 22.0 Å². The van der Waals surface area contributed by atoms with Crippen LogP contribution in [0, 0.1) is 11.6 Å². The summed E-state index contributed by atoms with van der Waals surface area (Å²) < 4.78 is 26.9. The van der Waals surface area contributed by atoms with Gasteiger partial charge in [-0.1, -0.05) is 0 Å². The second kappa shape index (κ2) is 6.67. The number of nitrogens with one attached hydrogen (secondary N) is 2. The molecule has 104 valence electrons. The maximum absolute atomic E-state index is 13.5. The third-order valence-electron chi connectivity index (χ3n) is 2.71. The van der Waals surface area contributed by atoms with Crippen molar-refractivity contribution in [2.45, 2.75) is 12.5 Å². The van der Waals surface area contributed by atoms with Crippen molar-refractivity contribution >= 4 is 39.3 Å². The van der Waals surface area contributed by atoms with Gasteiger partial charge in [-0.25, -0.2) is 8.78 Å². The Morgan fingerprint density at radius 1 is 1.47 bits per heavy atom. The van der Waals surface area contributed by atoms with E-state index in [1.807, 2.05) is 0 Å². The molecule has 7 heteroatoms. The molecule has 1 aliphatic rings. The summed E-state index contributed by atoms with van der Waals surface area (Å²) in [6.07, 6.45) is 0.254. The number of anilines is 1. The molecule has 1 unspecified atom stereocenters. The molecule has 19 heavy (non-hydrogen) atoms. The van der Waals surface area contributed by atoms with E-state index in [0.717, 1.165) is 30.2 Å². The van der Waals surface area contributed by atoms with Gasteiger partial charge in [0.15, 0.2) is 0 Å². The minimum atomic E-state index is -0.660. The average Bonchev–Trinajstić information content (AvgIpc) is 2.37.